The highest BCUT2D eigenvalue weighted by Crippen LogP contribution is 2.31. The predicted octanol–water partition coefficient (Wildman–Crippen LogP) is 3.65. The smallest absolute Gasteiger partial charge is 0.263 e. The first-order valence-electron chi connectivity index (χ1n) is 9.35. The lowest BCUT2D eigenvalue weighted by Gasteiger charge is -2.13. The molecule has 2 aliphatic rings. The third-order valence-electron chi connectivity index (χ3n) is 5.19. The predicted molar refractivity (Wildman–Crippen MR) is 105 cm³/mol. The molecule has 0 unspecified atom stereocenters. The van der Waals surface area contributed by atoms with Crippen LogP contribution < -0.4 is 5.32 Å². The summed E-state index contributed by atoms with van der Waals surface area (Å²) in [5.74, 6) is 0.932. The van der Waals surface area contributed by atoms with Gasteiger partial charge in [0.2, 0.25) is 5.91 Å². The average Bonchev–Trinajstić information content (AvgIpc) is 3.09. The highest BCUT2D eigenvalue weighted by atomic mass is 32.1. The van der Waals surface area contributed by atoms with E-state index in [-0.39, 0.29) is 17.7 Å². The van der Waals surface area contributed by atoms with Gasteiger partial charge in [-0.25, -0.2) is 4.98 Å². The Balaban J connectivity index is 1.38. The van der Waals surface area contributed by atoms with Crippen molar-refractivity contribution in [2.75, 3.05) is 18.4 Å². The molecule has 4 heterocycles. The van der Waals surface area contributed by atoms with Crippen LogP contribution in [-0.2, 0) is 4.79 Å². The maximum Gasteiger partial charge on any atom is 0.263 e. The maximum absolute atomic E-state index is 12.6. The number of aromatic nitrogens is 2. The number of hydrogen-bond acceptors (Lipinski definition) is 4. The van der Waals surface area contributed by atoms with Gasteiger partial charge in [-0.2, -0.15) is 0 Å². The largest absolute Gasteiger partial charge is 0.338 e. The Morgan fingerprint density at radius 2 is 1.93 bits per heavy atom. The second kappa shape index (κ2) is 6.49. The quantitative estimate of drug-likeness (QED) is 0.751. The topological polar surface area (TPSA) is 66.7 Å². The van der Waals surface area contributed by atoms with Crippen molar-refractivity contribution in [2.45, 2.75) is 25.7 Å². The van der Waals surface area contributed by atoms with Crippen LogP contribution in [0.5, 0.6) is 0 Å². The molecule has 7 heteroatoms. The molecular formula is C20H20N4O2S. The molecular weight excluding hydrogens is 360 g/mol. The number of rotatable bonds is 4. The van der Waals surface area contributed by atoms with Gasteiger partial charge in [-0.15, -0.1) is 11.3 Å². The molecule has 1 saturated heterocycles. The number of likely N-dealkylation sites (tertiary alicyclic amines) is 1. The van der Waals surface area contributed by atoms with Crippen LogP contribution >= 0.6 is 11.3 Å². The molecule has 27 heavy (non-hydrogen) atoms. The molecule has 0 radical (unpaired) electrons. The molecule has 0 bridgehead atoms. The fraction of sp³-hybridized carbons (Fsp3) is 0.350. The van der Waals surface area contributed by atoms with Gasteiger partial charge < -0.3 is 14.6 Å². The normalized spacial score (nSPS) is 16.8. The number of amides is 2. The fourth-order valence-corrected chi connectivity index (χ4v) is 4.36. The minimum Gasteiger partial charge on any atom is -0.338 e. The second-order valence-corrected chi connectivity index (χ2v) is 8.18. The minimum atomic E-state index is 0.0570. The second-order valence-electron chi connectivity index (χ2n) is 7.27. The van der Waals surface area contributed by atoms with Gasteiger partial charge in [0.1, 0.15) is 5.65 Å². The van der Waals surface area contributed by atoms with Crippen LogP contribution in [0.1, 0.15) is 35.4 Å². The summed E-state index contributed by atoms with van der Waals surface area (Å²) in [4.78, 5) is 31.6. The molecule has 0 spiro atoms. The zero-order valence-electron chi connectivity index (χ0n) is 14.9. The van der Waals surface area contributed by atoms with Crippen molar-refractivity contribution >= 4 is 34.6 Å². The SMILES string of the molecule is O=C(Nc1cn2cc(-c3csc(C(=O)N4CCCC4)c3)ccc2n1)C1CC1. The van der Waals surface area contributed by atoms with Crippen LogP contribution in [0.15, 0.2) is 36.0 Å². The number of nitrogens with zero attached hydrogens (tertiary/aromatic N) is 3. The number of carbonyl (C=O) groups is 2. The first-order chi connectivity index (χ1) is 13.2. The molecule has 0 aromatic carbocycles. The molecule has 2 amide bonds. The van der Waals surface area contributed by atoms with Crippen molar-refractivity contribution < 1.29 is 9.59 Å². The highest BCUT2D eigenvalue weighted by molar-refractivity contribution is 7.12. The monoisotopic (exact) mass is 380 g/mol. The van der Waals surface area contributed by atoms with Crippen molar-refractivity contribution in [1.82, 2.24) is 14.3 Å². The number of thiophene rings is 1. The Morgan fingerprint density at radius 3 is 2.70 bits per heavy atom. The zero-order valence-corrected chi connectivity index (χ0v) is 15.7. The molecule has 1 aliphatic heterocycles. The Labute approximate surface area is 160 Å². The number of nitrogens with one attached hydrogen (secondary N) is 1. The third kappa shape index (κ3) is 3.23. The average molecular weight is 380 g/mol. The van der Waals surface area contributed by atoms with Gasteiger partial charge in [0.25, 0.3) is 5.91 Å². The van der Waals surface area contributed by atoms with E-state index in [0.717, 1.165) is 60.4 Å². The molecule has 3 aromatic heterocycles. The van der Waals surface area contributed by atoms with Crippen LogP contribution in [0.25, 0.3) is 16.8 Å². The van der Waals surface area contributed by atoms with Gasteiger partial charge in [0, 0.05) is 25.2 Å². The Morgan fingerprint density at radius 1 is 1.11 bits per heavy atom. The lowest BCUT2D eigenvalue weighted by atomic mass is 10.1. The van der Waals surface area contributed by atoms with Crippen molar-refractivity contribution in [3.05, 3.63) is 40.8 Å². The molecule has 1 saturated carbocycles. The molecule has 1 aliphatic carbocycles. The Hall–Kier alpha value is -2.67. The van der Waals surface area contributed by atoms with Crippen molar-refractivity contribution in [3.8, 4) is 11.1 Å². The number of pyridine rings is 1. The minimum absolute atomic E-state index is 0.0570. The first kappa shape index (κ1) is 16.5. The van der Waals surface area contributed by atoms with Crippen LogP contribution in [0.3, 0.4) is 0 Å². The summed E-state index contributed by atoms with van der Waals surface area (Å²) >= 11 is 1.50. The van der Waals surface area contributed by atoms with Gasteiger partial charge in [0.05, 0.1) is 11.1 Å². The van der Waals surface area contributed by atoms with E-state index < -0.39 is 0 Å². The van der Waals surface area contributed by atoms with E-state index in [2.05, 4.69) is 10.3 Å². The van der Waals surface area contributed by atoms with Crippen LogP contribution in [0.4, 0.5) is 5.82 Å². The van der Waals surface area contributed by atoms with E-state index in [0.29, 0.717) is 5.82 Å². The van der Waals surface area contributed by atoms with Gasteiger partial charge in [-0.3, -0.25) is 9.59 Å². The molecule has 5 rings (SSSR count). The lowest BCUT2D eigenvalue weighted by molar-refractivity contribution is -0.117. The molecule has 3 aromatic rings. The van der Waals surface area contributed by atoms with Crippen molar-refractivity contribution in [2.24, 2.45) is 5.92 Å². The summed E-state index contributed by atoms with van der Waals surface area (Å²) in [6, 6.07) is 5.90. The highest BCUT2D eigenvalue weighted by Gasteiger charge is 2.30. The molecule has 138 valence electrons. The Kier molecular flexibility index (Phi) is 3.97. The van der Waals surface area contributed by atoms with E-state index in [1.807, 2.05) is 45.3 Å². The molecule has 0 atom stereocenters. The molecule has 6 nitrogen and oxygen atoms in total. The van der Waals surface area contributed by atoms with Crippen molar-refractivity contribution in [3.63, 3.8) is 0 Å². The molecule has 2 fully saturated rings. The standard InChI is InChI=1S/C20H20N4O2S/c25-19(13-3-4-13)22-17-11-24-10-14(5-6-18(24)21-17)15-9-16(27-12-15)20(26)23-7-1-2-8-23/h5-6,9-13H,1-4,7-8H2,(H,22,25). The lowest BCUT2D eigenvalue weighted by Crippen LogP contribution is -2.26. The van der Waals surface area contributed by atoms with E-state index in [4.69, 9.17) is 0 Å². The van der Waals surface area contributed by atoms with Crippen LogP contribution in [0.2, 0.25) is 0 Å². The summed E-state index contributed by atoms with van der Waals surface area (Å²) in [7, 11) is 0. The summed E-state index contributed by atoms with van der Waals surface area (Å²) in [6.45, 7) is 1.73. The van der Waals surface area contributed by atoms with Crippen LogP contribution in [-0.4, -0.2) is 39.2 Å². The van der Waals surface area contributed by atoms with E-state index in [1.54, 1.807) is 0 Å². The number of carbonyl (C=O) groups excluding carboxylic acids is 2. The van der Waals surface area contributed by atoms with Gasteiger partial charge in [-0.1, -0.05) is 0 Å². The fourth-order valence-electron chi connectivity index (χ4n) is 3.47. The number of hydrogen-bond donors (Lipinski definition) is 1. The number of imidazole rings is 1. The summed E-state index contributed by atoms with van der Waals surface area (Å²) in [5, 5.41) is 4.91. The van der Waals surface area contributed by atoms with Crippen molar-refractivity contribution in [1.29, 1.82) is 0 Å². The van der Waals surface area contributed by atoms with Gasteiger partial charge in [-0.05, 0) is 60.4 Å². The third-order valence-corrected chi connectivity index (χ3v) is 6.11. The Bertz CT molecular complexity index is 1030. The van der Waals surface area contributed by atoms with Gasteiger partial charge >= 0.3 is 0 Å². The molecule has 1 N–H and O–H groups in total. The zero-order chi connectivity index (χ0) is 18.4. The first-order valence-corrected chi connectivity index (χ1v) is 10.2. The number of anilines is 1. The van der Waals surface area contributed by atoms with Crippen LogP contribution in [0, 0.1) is 5.92 Å². The van der Waals surface area contributed by atoms with E-state index in [9.17, 15) is 9.59 Å². The number of fused-ring (bicyclic) bond motifs is 1. The maximum atomic E-state index is 12.6. The van der Waals surface area contributed by atoms with Gasteiger partial charge in [0.15, 0.2) is 5.82 Å². The summed E-state index contributed by atoms with van der Waals surface area (Å²) in [6.07, 6.45) is 7.96. The van der Waals surface area contributed by atoms with E-state index >= 15 is 0 Å². The van der Waals surface area contributed by atoms with E-state index in [1.165, 1.54) is 11.3 Å². The summed E-state index contributed by atoms with van der Waals surface area (Å²) in [5.41, 5.74) is 2.84. The summed E-state index contributed by atoms with van der Waals surface area (Å²) < 4.78 is 1.91.